The summed E-state index contributed by atoms with van der Waals surface area (Å²) in [5, 5.41) is 5.88. The van der Waals surface area contributed by atoms with Crippen LogP contribution in [0.25, 0.3) is 0 Å². The van der Waals surface area contributed by atoms with Crippen molar-refractivity contribution in [2.75, 3.05) is 33.3 Å². The quantitative estimate of drug-likeness (QED) is 0.796. The van der Waals surface area contributed by atoms with Crippen LogP contribution in [0.2, 0.25) is 0 Å². The summed E-state index contributed by atoms with van der Waals surface area (Å²) in [5.41, 5.74) is 1.18. The maximum atomic E-state index is 13.6. The average molecular weight is 408 g/mol. The van der Waals surface area contributed by atoms with E-state index in [1.807, 2.05) is 0 Å². The molecule has 2 aromatic carbocycles. The first-order chi connectivity index (χ1) is 13.1. The van der Waals surface area contributed by atoms with Gasteiger partial charge in [0.05, 0.1) is 19.7 Å². The topological polar surface area (TPSA) is 70.7 Å². The highest BCUT2D eigenvalue weighted by molar-refractivity contribution is 5.96. The standard InChI is InChI=1S/C20H22FN3O3.ClH/c1-27-17-7-5-14(6-8-17)20(26)23-13-19(25)24-10-9-22-12-18(24)15-3-2-4-16(21)11-15;/h2-8,11,18,22H,9-10,12-13H2,1H3,(H,23,26);1H. The van der Waals surface area contributed by atoms with Crippen LogP contribution in [0.5, 0.6) is 5.75 Å². The normalized spacial score (nSPS) is 16.1. The molecule has 3 rings (SSSR count). The number of nitrogens with zero attached hydrogens (tertiary/aromatic N) is 1. The molecule has 2 aromatic rings. The number of methoxy groups -OCH3 is 1. The molecule has 0 saturated carbocycles. The van der Waals surface area contributed by atoms with Gasteiger partial charge >= 0.3 is 0 Å². The molecule has 1 heterocycles. The van der Waals surface area contributed by atoms with Gasteiger partial charge in [0, 0.05) is 25.2 Å². The smallest absolute Gasteiger partial charge is 0.251 e. The van der Waals surface area contributed by atoms with E-state index in [-0.39, 0.29) is 42.6 Å². The summed E-state index contributed by atoms with van der Waals surface area (Å²) in [5.74, 6) is -0.212. The van der Waals surface area contributed by atoms with E-state index in [1.54, 1.807) is 48.4 Å². The molecule has 0 bridgehead atoms. The fourth-order valence-electron chi connectivity index (χ4n) is 3.12. The number of carbonyl (C=O) groups is 2. The molecule has 1 unspecified atom stereocenters. The van der Waals surface area contributed by atoms with Gasteiger partial charge in [-0.2, -0.15) is 0 Å². The highest BCUT2D eigenvalue weighted by atomic mass is 35.5. The molecule has 1 atom stereocenters. The van der Waals surface area contributed by atoms with Crippen molar-refractivity contribution in [3.05, 3.63) is 65.5 Å². The van der Waals surface area contributed by atoms with Gasteiger partial charge in [0.25, 0.3) is 5.91 Å². The van der Waals surface area contributed by atoms with E-state index < -0.39 is 0 Å². The summed E-state index contributed by atoms with van der Waals surface area (Å²) in [7, 11) is 1.55. The molecule has 0 aliphatic carbocycles. The van der Waals surface area contributed by atoms with Crippen molar-refractivity contribution < 1.29 is 18.7 Å². The number of carbonyl (C=O) groups excluding carboxylic acids is 2. The summed E-state index contributed by atoms with van der Waals surface area (Å²) in [6.07, 6.45) is 0. The second-order valence-corrected chi connectivity index (χ2v) is 6.27. The van der Waals surface area contributed by atoms with Crippen LogP contribution in [0.1, 0.15) is 22.0 Å². The lowest BCUT2D eigenvalue weighted by atomic mass is 10.0. The zero-order valence-corrected chi connectivity index (χ0v) is 16.3. The van der Waals surface area contributed by atoms with E-state index in [1.165, 1.54) is 12.1 Å². The molecule has 8 heteroatoms. The van der Waals surface area contributed by atoms with Crippen molar-refractivity contribution in [1.82, 2.24) is 15.5 Å². The van der Waals surface area contributed by atoms with Crippen molar-refractivity contribution in [2.45, 2.75) is 6.04 Å². The van der Waals surface area contributed by atoms with Crippen molar-refractivity contribution in [3.8, 4) is 5.75 Å². The van der Waals surface area contributed by atoms with Gasteiger partial charge in [-0.3, -0.25) is 9.59 Å². The van der Waals surface area contributed by atoms with E-state index in [4.69, 9.17) is 4.74 Å². The molecule has 1 aliphatic heterocycles. The molecule has 150 valence electrons. The number of hydrogen-bond donors (Lipinski definition) is 2. The minimum Gasteiger partial charge on any atom is -0.497 e. The Morgan fingerprint density at radius 3 is 2.68 bits per heavy atom. The molecule has 1 fully saturated rings. The first-order valence-electron chi connectivity index (χ1n) is 8.76. The van der Waals surface area contributed by atoms with E-state index >= 15 is 0 Å². The van der Waals surface area contributed by atoms with Crippen LogP contribution in [-0.2, 0) is 4.79 Å². The Balaban J connectivity index is 0.00000280. The Bertz CT molecular complexity index is 817. The van der Waals surface area contributed by atoms with Gasteiger partial charge in [-0.15, -0.1) is 12.4 Å². The van der Waals surface area contributed by atoms with Crippen LogP contribution in [-0.4, -0.2) is 50.0 Å². The second-order valence-electron chi connectivity index (χ2n) is 6.27. The monoisotopic (exact) mass is 407 g/mol. The fraction of sp³-hybridized carbons (Fsp3) is 0.300. The minimum atomic E-state index is -0.335. The highest BCUT2D eigenvalue weighted by Gasteiger charge is 2.28. The van der Waals surface area contributed by atoms with Crippen molar-refractivity contribution in [2.24, 2.45) is 0 Å². The molecule has 0 radical (unpaired) electrons. The third-order valence-corrected chi connectivity index (χ3v) is 4.55. The summed E-state index contributed by atoms with van der Waals surface area (Å²) in [6, 6.07) is 12.6. The van der Waals surface area contributed by atoms with Gasteiger partial charge < -0.3 is 20.3 Å². The van der Waals surface area contributed by atoms with E-state index in [0.29, 0.717) is 30.9 Å². The molecule has 0 spiro atoms. The first-order valence-corrected chi connectivity index (χ1v) is 8.76. The highest BCUT2D eigenvalue weighted by Crippen LogP contribution is 2.23. The van der Waals surface area contributed by atoms with E-state index in [2.05, 4.69) is 10.6 Å². The SMILES string of the molecule is COc1ccc(C(=O)NCC(=O)N2CCNCC2c2cccc(F)c2)cc1.Cl. The lowest BCUT2D eigenvalue weighted by Crippen LogP contribution is -2.51. The third-order valence-electron chi connectivity index (χ3n) is 4.55. The van der Waals surface area contributed by atoms with Gasteiger partial charge in [0.15, 0.2) is 0 Å². The number of hydrogen-bond acceptors (Lipinski definition) is 4. The third kappa shape index (κ3) is 5.21. The Kier molecular flexibility index (Phi) is 7.78. The number of halogens is 2. The first kappa shape index (κ1) is 21.7. The fourth-order valence-corrected chi connectivity index (χ4v) is 3.12. The van der Waals surface area contributed by atoms with Crippen LogP contribution >= 0.6 is 12.4 Å². The number of benzene rings is 2. The molecular formula is C20H23ClFN3O3. The molecule has 1 saturated heterocycles. The lowest BCUT2D eigenvalue weighted by Gasteiger charge is -2.36. The summed E-state index contributed by atoms with van der Waals surface area (Å²) in [4.78, 5) is 26.6. The minimum absolute atomic E-state index is 0. The molecule has 2 amide bonds. The second kappa shape index (κ2) is 10.1. The van der Waals surface area contributed by atoms with Crippen LogP contribution in [0.3, 0.4) is 0 Å². The van der Waals surface area contributed by atoms with E-state index in [9.17, 15) is 14.0 Å². The number of amides is 2. The number of piperazine rings is 1. The molecule has 0 aromatic heterocycles. The van der Waals surface area contributed by atoms with Crippen LogP contribution in [0.15, 0.2) is 48.5 Å². The zero-order valence-electron chi connectivity index (χ0n) is 15.5. The van der Waals surface area contributed by atoms with Crippen molar-refractivity contribution in [3.63, 3.8) is 0 Å². The predicted molar refractivity (Wildman–Crippen MR) is 106 cm³/mol. The Labute approximate surface area is 169 Å². The molecule has 28 heavy (non-hydrogen) atoms. The van der Waals surface area contributed by atoms with Crippen molar-refractivity contribution >= 4 is 24.2 Å². The van der Waals surface area contributed by atoms with Gasteiger partial charge in [-0.1, -0.05) is 12.1 Å². The summed E-state index contributed by atoms with van der Waals surface area (Å²) >= 11 is 0. The molecule has 6 nitrogen and oxygen atoms in total. The predicted octanol–water partition coefficient (Wildman–Crippen LogP) is 2.16. The lowest BCUT2D eigenvalue weighted by molar-refractivity contribution is -0.133. The summed E-state index contributed by atoms with van der Waals surface area (Å²) in [6.45, 7) is 1.58. The van der Waals surface area contributed by atoms with Crippen molar-refractivity contribution in [1.29, 1.82) is 0 Å². The van der Waals surface area contributed by atoms with Crippen LogP contribution in [0.4, 0.5) is 4.39 Å². The average Bonchev–Trinajstić information content (AvgIpc) is 2.72. The van der Waals surface area contributed by atoms with Gasteiger partial charge in [-0.05, 0) is 42.0 Å². The van der Waals surface area contributed by atoms with Gasteiger partial charge in [0.1, 0.15) is 11.6 Å². The van der Waals surface area contributed by atoms with Crippen LogP contribution in [0, 0.1) is 5.82 Å². The maximum Gasteiger partial charge on any atom is 0.251 e. The zero-order chi connectivity index (χ0) is 19.2. The van der Waals surface area contributed by atoms with Crippen LogP contribution < -0.4 is 15.4 Å². The molecule has 1 aliphatic rings. The maximum absolute atomic E-state index is 13.6. The largest absolute Gasteiger partial charge is 0.497 e. The number of rotatable bonds is 5. The molecular weight excluding hydrogens is 385 g/mol. The molecule has 2 N–H and O–H groups in total. The summed E-state index contributed by atoms with van der Waals surface area (Å²) < 4.78 is 18.6. The Morgan fingerprint density at radius 2 is 2.00 bits per heavy atom. The number of ether oxygens (including phenoxy) is 1. The Hall–Kier alpha value is -2.64. The number of nitrogens with one attached hydrogen (secondary N) is 2. The van der Waals surface area contributed by atoms with E-state index in [0.717, 1.165) is 5.56 Å². The Morgan fingerprint density at radius 1 is 1.25 bits per heavy atom. The van der Waals surface area contributed by atoms with Gasteiger partial charge in [0.2, 0.25) is 5.91 Å². The van der Waals surface area contributed by atoms with Gasteiger partial charge in [-0.25, -0.2) is 4.39 Å².